The van der Waals surface area contributed by atoms with E-state index in [-0.39, 0.29) is 0 Å². The van der Waals surface area contributed by atoms with E-state index in [0.717, 1.165) is 19.5 Å². The summed E-state index contributed by atoms with van der Waals surface area (Å²) in [5.41, 5.74) is 3.06. The van der Waals surface area contributed by atoms with Crippen LogP contribution in [0.2, 0.25) is 0 Å². The molecule has 0 spiro atoms. The van der Waals surface area contributed by atoms with Crippen molar-refractivity contribution in [3.8, 4) is 6.07 Å². The van der Waals surface area contributed by atoms with E-state index in [0.29, 0.717) is 12.5 Å². The summed E-state index contributed by atoms with van der Waals surface area (Å²) in [6, 6.07) is 2.21. The Kier molecular flexibility index (Phi) is 3.50. The normalized spacial score (nSPS) is 19.3. The zero-order chi connectivity index (χ0) is 9.84. The van der Waals surface area contributed by atoms with Crippen LogP contribution in [-0.4, -0.2) is 24.5 Å². The van der Waals surface area contributed by atoms with Crippen molar-refractivity contribution in [2.45, 2.75) is 27.2 Å². The first-order valence-electron chi connectivity index (χ1n) is 4.93. The van der Waals surface area contributed by atoms with Crippen molar-refractivity contribution >= 4 is 0 Å². The second kappa shape index (κ2) is 4.43. The van der Waals surface area contributed by atoms with Crippen molar-refractivity contribution in [3.63, 3.8) is 0 Å². The summed E-state index contributed by atoms with van der Waals surface area (Å²) in [5.74, 6) is 0.671. The summed E-state index contributed by atoms with van der Waals surface area (Å²) >= 11 is 0. The fraction of sp³-hybridized carbons (Fsp3) is 0.727. The van der Waals surface area contributed by atoms with Gasteiger partial charge in [-0.05, 0) is 19.3 Å². The Bertz CT molecular complexity index is 245. The molecule has 0 aliphatic carbocycles. The van der Waals surface area contributed by atoms with Gasteiger partial charge in [0, 0.05) is 13.1 Å². The maximum Gasteiger partial charge on any atom is 0.0868 e. The minimum Gasteiger partial charge on any atom is -0.286 e. The van der Waals surface area contributed by atoms with E-state index in [9.17, 15) is 0 Å². The van der Waals surface area contributed by atoms with Gasteiger partial charge in [0.15, 0.2) is 0 Å². The van der Waals surface area contributed by atoms with Crippen molar-refractivity contribution in [1.82, 2.24) is 4.90 Å². The van der Waals surface area contributed by atoms with Gasteiger partial charge in [-0.1, -0.05) is 25.0 Å². The molecular formula is C11H18N2. The van der Waals surface area contributed by atoms with Crippen LogP contribution in [0, 0.1) is 17.2 Å². The fourth-order valence-electron chi connectivity index (χ4n) is 2.02. The van der Waals surface area contributed by atoms with Crippen molar-refractivity contribution in [2.75, 3.05) is 19.6 Å². The molecule has 0 aromatic heterocycles. The number of hydrogen-bond donors (Lipinski definition) is 0. The van der Waals surface area contributed by atoms with Gasteiger partial charge in [-0.2, -0.15) is 5.26 Å². The Morgan fingerprint density at radius 1 is 1.54 bits per heavy atom. The molecule has 0 saturated heterocycles. The van der Waals surface area contributed by atoms with Crippen molar-refractivity contribution in [2.24, 2.45) is 5.92 Å². The topological polar surface area (TPSA) is 27.0 Å². The molecule has 0 amide bonds. The highest BCUT2D eigenvalue weighted by Gasteiger charge is 2.17. The maximum atomic E-state index is 8.57. The van der Waals surface area contributed by atoms with Crippen LogP contribution in [0.15, 0.2) is 11.1 Å². The van der Waals surface area contributed by atoms with Crippen LogP contribution in [0.5, 0.6) is 0 Å². The maximum absolute atomic E-state index is 8.57. The fourth-order valence-corrected chi connectivity index (χ4v) is 2.02. The predicted octanol–water partition coefficient (Wildman–Crippen LogP) is 2.19. The number of rotatable bonds is 2. The first-order valence-corrected chi connectivity index (χ1v) is 4.93. The molecule has 2 heteroatoms. The molecular weight excluding hydrogens is 160 g/mol. The number of nitrogens with zero attached hydrogens (tertiary/aromatic N) is 2. The molecule has 0 bridgehead atoms. The molecule has 0 unspecified atom stereocenters. The third-order valence-corrected chi connectivity index (χ3v) is 2.70. The lowest BCUT2D eigenvalue weighted by Gasteiger charge is -2.29. The zero-order valence-electron chi connectivity index (χ0n) is 8.80. The second-order valence-electron chi connectivity index (χ2n) is 4.08. The highest BCUT2D eigenvalue weighted by molar-refractivity contribution is 5.19. The van der Waals surface area contributed by atoms with Crippen LogP contribution in [0.4, 0.5) is 0 Å². The smallest absolute Gasteiger partial charge is 0.0868 e. The molecule has 0 radical (unpaired) electrons. The quantitative estimate of drug-likeness (QED) is 0.478. The van der Waals surface area contributed by atoms with E-state index in [2.05, 4.69) is 31.7 Å². The SMILES string of the molecule is CC1=C(C(C)C)CCN(CC#N)C1. The Hall–Kier alpha value is -0.810. The van der Waals surface area contributed by atoms with E-state index < -0.39 is 0 Å². The summed E-state index contributed by atoms with van der Waals surface area (Å²) in [5, 5.41) is 8.57. The molecule has 0 N–H and O–H groups in total. The minimum absolute atomic E-state index is 0.572. The van der Waals surface area contributed by atoms with Crippen LogP contribution in [0.1, 0.15) is 27.2 Å². The van der Waals surface area contributed by atoms with Crippen LogP contribution >= 0.6 is 0 Å². The van der Waals surface area contributed by atoms with Gasteiger partial charge in [0.1, 0.15) is 0 Å². The second-order valence-corrected chi connectivity index (χ2v) is 4.08. The van der Waals surface area contributed by atoms with Crippen LogP contribution in [0.25, 0.3) is 0 Å². The number of nitriles is 1. The molecule has 1 aliphatic rings. The summed E-state index contributed by atoms with van der Waals surface area (Å²) in [6.45, 7) is 9.30. The summed E-state index contributed by atoms with van der Waals surface area (Å²) in [4.78, 5) is 2.21. The Labute approximate surface area is 80.8 Å². The zero-order valence-corrected chi connectivity index (χ0v) is 8.80. The molecule has 72 valence electrons. The molecule has 1 aliphatic heterocycles. The molecule has 0 fully saturated rings. The lowest BCUT2D eigenvalue weighted by Crippen LogP contribution is -2.32. The van der Waals surface area contributed by atoms with Gasteiger partial charge >= 0.3 is 0 Å². The Balaban J connectivity index is 2.62. The third kappa shape index (κ3) is 2.57. The molecule has 0 aromatic rings. The van der Waals surface area contributed by atoms with Gasteiger partial charge in [-0.3, -0.25) is 4.90 Å². The first-order chi connectivity index (χ1) is 6.15. The van der Waals surface area contributed by atoms with E-state index in [1.54, 1.807) is 5.57 Å². The average molecular weight is 178 g/mol. The summed E-state index contributed by atoms with van der Waals surface area (Å²) in [7, 11) is 0. The van der Waals surface area contributed by atoms with E-state index >= 15 is 0 Å². The van der Waals surface area contributed by atoms with Gasteiger partial charge in [-0.15, -0.1) is 0 Å². The van der Waals surface area contributed by atoms with Gasteiger partial charge in [0.25, 0.3) is 0 Å². The van der Waals surface area contributed by atoms with E-state index in [1.807, 2.05) is 0 Å². The molecule has 2 nitrogen and oxygen atoms in total. The van der Waals surface area contributed by atoms with Gasteiger partial charge in [0.05, 0.1) is 12.6 Å². The molecule has 0 saturated carbocycles. The van der Waals surface area contributed by atoms with Gasteiger partial charge < -0.3 is 0 Å². The van der Waals surface area contributed by atoms with Gasteiger partial charge in [-0.25, -0.2) is 0 Å². The van der Waals surface area contributed by atoms with Crippen LogP contribution in [0.3, 0.4) is 0 Å². The monoisotopic (exact) mass is 178 g/mol. The van der Waals surface area contributed by atoms with E-state index in [4.69, 9.17) is 5.26 Å². The highest BCUT2D eigenvalue weighted by atomic mass is 15.1. The lowest BCUT2D eigenvalue weighted by atomic mass is 9.92. The Morgan fingerprint density at radius 2 is 2.23 bits per heavy atom. The Morgan fingerprint density at radius 3 is 2.69 bits per heavy atom. The lowest BCUT2D eigenvalue weighted by molar-refractivity contribution is 0.311. The third-order valence-electron chi connectivity index (χ3n) is 2.70. The first kappa shape index (κ1) is 10.3. The average Bonchev–Trinajstić information content (AvgIpc) is 2.04. The van der Waals surface area contributed by atoms with Crippen LogP contribution in [-0.2, 0) is 0 Å². The van der Waals surface area contributed by atoms with Crippen molar-refractivity contribution in [1.29, 1.82) is 5.26 Å². The van der Waals surface area contributed by atoms with E-state index in [1.165, 1.54) is 5.57 Å². The molecule has 0 atom stereocenters. The molecule has 1 rings (SSSR count). The number of hydrogen-bond acceptors (Lipinski definition) is 2. The highest BCUT2D eigenvalue weighted by Crippen LogP contribution is 2.23. The largest absolute Gasteiger partial charge is 0.286 e. The summed E-state index contributed by atoms with van der Waals surface area (Å²) in [6.07, 6.45) is 1.14. The predicted molar refractivity (Wildman–Crippen MR) is 54.2 cm³/mol. The molecule has 0 aromatic carbocycles. The standard InChI is InChI=1S/C11H18N2/c1-9(2)11-4-6-13(7-5-12)8-10(11)3/h9H,4,6-8H2,1-3H3. The van der Waals surface area contributed by atoms with Crippen molar-refractivity contribution in [3.05, 3.63) is 11.1 Å². The minimum atomic E-state index is 0.572. The summed E-state index contributed by atoms with van der Waals surface area (Å²) < 4.78 is 0. The van der Waals surface area contributed by atoms with Gasteiger partial charge in [0.2, 0.25) is 0 Å². The van der Waals surface area contributed by atoms with Crippen molar-refractivity contribution < 1.29 is 0 Å². The van der Waals surface area contributed by atoms with Crippen LogP contribution < -0.4 is 0 Å². The molecule has 1 heterocycles. The molecule has 13 heavy (non-hydrogen) atoms.